The first-order chi connectivity index (χ1) is 8.11. The van der Waals surface area contributed by atoms with E-state index in [9.17, 15) is 9.90 Å². The van der Waals surface area contributed by atoms with Gasteiger partial charge in [-0.05, 0) is 25.7 Å². The molecule has 1 spiro atoms. The molecule has 2 fully saturated rings. The van der Waals surface area contributed by atoms with Crippen molar-refractivity contribution in [3.63, 3.8) is 0 Å². The summed E-state index contributed by atoms with van der Waals surface area (Å²) in [7, 11) is 0. The van der Waals surface area contributed by atoms with Gasteiger partial charge in [-0.1, -0.05) is 12.8 Å². The first kappa shape index (κ1) is 12.8. The van der Waals surface area contributed by atoms with E-state index >= 15 is 0 Å². The molecule has 1 amide bonds. The highest BCUT2D eigenvalue weighted by Gasteiger charge is 2.41. The van der Waals surface area contributed by atoms with Crippen molar-refractivity contribution in [2.24, 2.45) is 5.73 Å². The smallest absolute Gasteiger partial charge is 0.247 e. The van der Waals surface area contributed by atoms with Gasteiger partial charge in [-0.3, -0.25) is 4.79 Å². The molecule has 0 aromatic rings. The van der Waals surface area contributed by atoms with E-state index in [0.717, 1.165) is 12.8 Å². The number of hydrogen-bond acceptors (Lipinski definition) is 4. The number of nitrogens with two attached hydrogens (primary N) is 1. The zero-order valence-corrected chi connectivity index (χ0v) is 10.2. The van der Waals surface area contributed by atoms with Crippen LogP contribution in [0, 0.1) is 0 Å². The van der Waals surface area contributed by atoms with Crippen LogP contribution in [0.5, 0.6) is 0 Å². The van der Waals surface area contributed by atoms with Crippen LogP contribution in [0.4, 0.5) is 0 Å². The van der Waals surface area contributed by atoms with Crippen LogP contribution >= 0.6 is 0 Å². The molecule has 0 radical (unpaired) electrons. The van der Waals surface area contributed by atoms with Gasteiger partial charge in [0.2, 0.25) is 5.91 Å². The molecular weight excluding hydrogens is 220 g/mol. The highest BCUT2D eigenvalue weighted by atomic mass is 16.5. The molecule has 5 heteroatoms. The summed E-state index contributed by atoms with van der Waals surface area (Å²) in [6.45, 7) is 0.897. The Hall–Kier alpha value is -0.650. The molecule has 0 aromatic carbocycles. The van der Waals surface area contributed by atoms with Crippen molar-refractivity contribution in [3.05, 3.63) is 0 Å². The van der Waals surface area contributed by atoms with Crippen molar-refractivity contribution in [1.82, 2.24) is 5.32 Å². The standard InChI is InChI=1S/C12H22N2O3/c13-11(16)10(15)8-14-7-9-3-6-12(17-9)4-1-2-5-12/h9-10,14-15H,1-8H2,(H2,13,16). The predicted octanol–water partition coefficient (Wildman–Crippen LogP) is -0.0860. The Balaban J connectivity index is 1.66. The predicted molar refractivity (Wildman–Crippen MR) is 63.4 cm³/mol. The van der Waals surface area contributed by atoms with Crippen molar-refractivity contribution in [3.8, 4) is 0 Å². The zero-order chi connectivity index (χ0) is 12.3. The van der Waals surface area contributed by atoms with Gasteiger partial charge in [-0.15, -0.1) is 0 Å². The number of carbonyl (C=O) groups is 1. The highest BCUT2D eigenvalue weighted by Crippen LogP contribution is 2.43. The Labute approximate surface area is 102 Å². The van der Waals surface area contributed by atoms with Gasteiger partial charge in [0, 0.05) is 13.1 Å². The number of nitrogens with one attached hydrogen (secondary N) is 1. The number of ether oxygens (including phenoxy) is 1. The Bertz CT molecular complexity index is 277. The second-order valence-corrected chi connectivity index (χ2v) is 5.25. The third-order valence-electron chi connectivity index (χ3n) is 3.89. The van der Waals surface area contributed by atoms with Gasteiger partial charge in [0.1, 0.15) is 6.10 Å². The third-order valence-corrected chi connectivity index (χ3v) is 3.89. The van der Waals surface area contributed by atoms with Crippen LogP contribution in [-0.4, -0.2) is 41.9 Å². The topological polar surface area (TPSA) is 84.6 Å². The van der Waals surface area contributed by atoms with Crippen LogP contribution in [0.25, 0.3) is 0 Å². The van der Waals surface area contributed by atoms with Gasteiger partial charge < -0.3 is 20.9 Å². The second-order valence-electron chi connectivity index (χ2n) is 5.25. The minimum Gasteiger partial charge on any atom is -0.382 e. The molecule has 2 unspecified atom stereocenters. The van der Waals surface area contributed by atoms with E-state index in [1.165, 1.54) is 25.7 Å². The molecule has 0 bridgehead atoms. The summed E-state index contributed by atoms with van der Waals surface area (Å²) in [5, 5.41) is 12.3. The lowest BCUT2D eigenvalue weighted by atomic mass is 9.98. The molecule has 0 aromatic heterocycles. The quantitative estimate of drug-likeness (QED) is 0.629. The van der Waals surface area contributed by atoms with E-state index in [1.54, 1.807) is 0 Å². The summed E-state index contributed by atoms with van der Waals surface area (Å²) in [6, 6.07) is 0. The van der Waals surface area contributed by atoms with Crippen LogP contribution in [0.2, 0.25) is 0 Å². The van der Waals surface area contributed by atoms with Gasteiger partial charge in [0.05, 0.1) is 11.7 Å². The van der Waals surface area contributed by atoms with Gasteiger partial charge in [0.15, 0.2) is 0 Å². The van der Waals surface area contributed by atoms with Crippen molar-refractivity contribution >= 4 is 5.91 Å². The second kappa shape index (κ2) is 5.33. The summed E-state index contributed by atoms with van der Waals surface area (Å²) in [5.41, 5.74) is 5.11. The maximum Gasteiger partial charge on any atom is 0.247 e. The first-order valence-electron chi connectivity index (χ1n) is 6.47. The van der Waals surface area contributed by atoms with E-state index in [2.05, 4.69) is 5.32 Å². The Morgan fingerprint density at radius 3 is 2.82 bits per heavy atom. The first-order valence-corrected chi connectivity index (χ1v) is 6.47. The normalized spacial score (nSPS) is 28.6. The molecule has 5 nitrogen and oxygen atoms in total. The molecular formula is C12H22N2O3. The van der Waals surface area contributed by atoms with Crippen molar-refractivity contribution < 1.29 is 14.6 Å². The fourth-order valence-electron chi connectivity index (χ4n) is 2.91. The summed E-state index contributed by atoms with van der Waals surface area (Å²) in [4.78, 5) is 10.6. The van der Waals surface area contributed by atoms with Gasteiger partial charge in [0.25, 0.3) is 0 Å². The van der Waals surface area contributed by atoms with Crippen LogP contribution in [0.15, 0.2) is 0 Å². The number of rotatable bonds is 5. The van der Waals surface area contributed by atoms with Crippen LogP contribution in [0.3, 0.4) is 0 Å². The summed E-state index contributed by atoms with van der Waals surface area (Å²) < 4.78 is 6.09. The monoisotopic (exact) mass is 242 g/mol. The maximum absolute atomic E-state index is 10.6. The van der Waals surface area contributed by atoms with Gasteiger partial charge in [-0.2, -0.15) is 0 Å². The number of hydrogen-bond donors (Lipinski definition) is 3. The lowest BCUT2D eigenvalue weighted by molar-refractivity contribution is -0.125. The number of aliphatic hydroxyl groups is 1. The molecule has 1 aliphatic carbocycles. The van der Waals surface area contributed by atoms with Crippen molar-refractivity contribution in [2.45, 2.75) is 56.3 Å². The SMILES string of the molecule is NC(=O)C(O)CNCC1CCC2(CCCC2)O1. The van der Waals surface area contributed by atoms with Crippen LogP contribution in [-0.2, 0) is 9.53 Å². The Morgan fingerprint density at radius 2 is 2.18 bits per heavy atom. The molecule has 1 saturated carbocycles. The minimum atomic E-state index is -1.10. The zero-order valence-electron chi connectivity index (χ0n) is 10.2. The molecule has 2 rings (SSSR count). The number of amides is 1. The fourth-order valence-corrected chi connectivity index (χ4v) is 2.91. The minimum absolute atomic E-state index is 0.147. The molecule has 2 aliphatic rings. The largest absolute Gasteiger partial charge is 0.382 e. The maximum atomic E-state index is 10.6. The highest BCUT2D eigenvalue weighted by molar-refractivity contribution is 5.78. The third kappa shape index (κ3) is 3.18. The molecule has 4 N–H and O–H groups in total. The Kier molecular flexibility index (Phi) is 4.01. The average molecular weight is 242 g/mol. The lowest BCUT2D eigenvalue weighted by Gasteiger charge is -2.24. The number of primary amides is 1. The summed E-state index contributed by atoms with van der Waals surface area (Å²) >= 11 is 0. The van der Waals surface area contributed by atoms with E-state index in [4.69, 9.17) is 10.5 Å². The van der Waals surface area contributed by atoms with Crippen LogP contribution < -0.4 is 11.1 Å². The summed E-state index contributed by atoms with van der Waals surface area (Å²) in [6.07, 6.45) is 6.27. The van der Waals surface area contributed by atoms with Gasteiger partial charge >= 0.3 is 0 Å². The Morgan fingerprint density at radius 1 is 1.47 bits per heavy atom. The molecule has 98 valence electrons. The van der Waals surface area contributed by atoms with E-state index < -0.39 is 12.0 Å². The van der Waals surface area contributed by atoms with E-state index in [0.29, 0.717) is 6.54 Å². The van der Waals surface area contributed by atoms with Crippen molar-refractivity contribution in [1.29, 1.82) is 0 Å². The van der Waals surface area contributed by atoms with E-state index in [-0.39, 0.29) is 18.2 Å². The van der Waals surface area contributed by atoms with Gasteiger partial charge in [-0.25, -0.2) is 0 Å². The molecule has 1 heterocycles. The average Bonchev–Trinajstić information content (AvgIpc) is 2.90. The number of carbonyl (C=O) groups excluding carboxylic acids is 1. The lowest BCUT2D eigenvalue weighted by Crippen LogP contribution is -2.40. The summed E-state index contributed by atoms with van der Waals surface area (Å²) in [5.74, 6) is -0.683. The molecule has 1 saturated heterocycles. The van der Waals surface area contributed by atoms with E-state index in [1.807, 2.05) is 0 Å². The number of aliphatic hydroxyl groups excluding tert-OH is 1. The molecule has 2 atom stereocenters. The van der Waals surface area contributed by atoms with Crippen LogP contribution in [0.1, 0.15) is 38.5 Å². The fraction of sp³-hybridized carbons (Fsp3) is 0.917. The molecule has 17 heavy (non-hydrogen) atoms. The molecule has 1 aliphatic heterocycles. The van der Waals surface area contributed by atoms with Crippen molar-refractivity contribution in [2.75, 3.05) is 13.1 Å².